The smallest absolute Gasteiger partial charge is 0.00676 e. The third kappa shape index (κ3) is 2.87. The van der Waals surface area contributed by atoms with Gasteiger partial charge in [0.1, 0.15) is 0 Å². The molecule has 3 unspecified atom stereocenters. The first-order chi connectivity index (χ1) is 11.4. The highest BCUT2D eigenvalue weighted by atomic mass is 14.5. The first-order valence-corrected chi connectivity index (χ1v) is 9.12. The maximum Gasteiger partial charge on any atom is -0.00676 e. The lowest BCUT2D eigenvalue weighted by atomic mass is 9.56. The molecule has 2 aliphatic carbocycles. The normalized spacial score (nSPS) is 30.4. The van der Waals surface area contributed by atoms with Gasteiger partial charge in [-0.25, -0.2) is 0 Å². The molecule has 0 heteroatoms. The second-order valence-corrected chi connectivity index (χ2v) is 7.44. The van der Waals surface area contributed by atoms with E-state index in [0.717, 1.165) is 5.92 Å². The molecule has 1 fully saturated rings. The van der Waals surface area contributed by atoms with Gasteiger partial charge in [-0.3, -0.25) is 0 Å². The Kier molecular flexibility index (Phi) is 4.08. The molecule has 118 valence electrons. The van der Waals surface area contributed by atoms with E-state index in [1.165, 1.54) is 38.5 Å². The lowest BCUT2D eigenvalue weighted by molar-refractivity contribution is 0.123. The van der Waals surface area contributed by atoms with Gasteiger partial charge in [0.2, 0.25) is 0 Å². The van der Waals surface area contributed by atoms with Crippen LogP contribution in [0.15, 0.2) is 72.8 Å². The van der Waals surface area contributed by atoms with Gasteiger partial charge in [0.15, 0.2) is 0 Å². The Bertz CT molecular complexity index is 655. The fourth-order valence-corrected chi connectivity index (χ4v) is 5.02. The summed E-state index contributed by atoms with van der Waals surface area (Å²) >= 11 is 0. The number of hydrogen-bond donors (Lipinski definition) is 0. The van der Waals surface area contributed by atoms with Crippen molar-refractivity contribution < 1.29 is 0 Å². The Labute approximate surface area is 140 Å². The maximum absolute atomic E-state index is 2.45. The van der Waals surface area contributed by atoms with Crippen LogP contribution >= 0.6 is 0 Å². The highest BCUT2D eigenvalue weighted by molar-refractivity contribution is 5.28. The molecule has 0 saturated heterocycles. The van der Waals surface area contributed by atoms with Crippen LogP contribution in [0.4, 0.5) is 0 Å². The van der Waals surface area contributed by atoms with Gasteiger partial charge in [0.05, 0.1) is 0 Å². The van der Waals surface area contributed by atoms with Crippen molar-refractivity contribution in [2.24, 2.45) is 5.41 Å². The van der Waals surface area contributed by atoms with Crippen molar-refractivity contribution in [3.05, 3.63) is 83.9 Å². The average molecular weight is 302 g/mol. The van der Waals surface area contributed by atoms with Crippen molar-refractivity contribution in [2.75, 3.05) is 0 Å². The summed E-state index contributed by atoms with van der Waals surface area (Å²) in [5.41, 5.74) is 3.56. The third-order valence-corrected chi connectivity index (χ3v) is 6.16. The van der Waals surface area contributed by atoms with E-state index >= 15 is 0 Å². The molecule has 2 aliphatic rings. The molecule has 1 saturated carbocycles. The zero-order valence-electron chi connectivity index (χ0n) is 13.8. The van der Waals surface area contributed by atoms with E-state index in [0.29, 0.717) is 11.3 Å². The molecule has 2 aromatic carbocycles. The topological polar surface area (TPSA) is 0 Å². The zero-order chi connectivity index (χ0) is 15.5. The van der Waals surface area contributed by atoms with Crippen LogP contribution in [-0.2, 0) is 0 Å². The van der Waals surface area contributed by atoms with Crippen molar-refractivity contribution in [2.45, 2.75) is 50.4 Å². The fraction of sp³-hybridized carbons (Fsp3) is 0.391. The summed E-state index contributed by atoms with van der Waals surface area (Å²) in [7, 11) is 0. The molecule has 0 radical (unpaired) electrons. The number of benzene rings is 2. The third-order valence-electron chi connectivity index (χ3n) is 6.16. The van der Waals surface area contributed by atoms with Crippen LogP contribution < -0.4 is 0 Å². The van der Waals surface area contributed by atoms with Crippen molar-refractivity contribution in [1.29, 1.82) is 0 Å². The van der Waals surface area contributed by atoms with Gasteiger partial charge < -0.3 is 0 Å². The highest BCUT2D eigenvalue weighted by Crippen LogP contribution is 2.56. The Balaban J connectivity index is 1.66. The SMILES string of the molecule is C1=CCC2(CCCC(c3ccccc3)C2)C(c2ccccc2)C1. The van der Waals surface area contributed by atoms with E-state index in [9.17, 15) is 0 Å². The Morgan fingerprint density at radius 2 is 1.48 bits per heavy atom. The Morgan fingerprint density at radius 3 is 2.22 bits per heavy atom. The second-order valence-electron chi connectivity index (χ2n) is 7.44. The molecule has 0 N–H and O–H groups in total. The summed E-state index contributed by atoms with van der Waals surface area (Å²) in [5, 5.41) is 0. The zero-order valence-corrected chi connectivity index (χ0v) is 13.8. The molecule has 0 heterocycles. The van der Waals surface area contributed by atoms with Crippen LogP contribution in [0, 0.1) is 5.41 Å². The van der Waals surface area contributed by atoms with E-state index in [-0.39, 0.29) is 0 Å². The minimum atomic E-state index is 0.467. The predicted octanol–water partition coefficient (Wildman–Crippen LogP) is 6.46. The molecule has 0 nitrogen and oxygen atoms in total. The summed E-state index contributed by atoms with van der Waals surface area (Å²) in [4.78, 5) is 0. The van der Waals surface area contributed by atoms with E-state index in [1.807, 2.05) is 0 Å². The van der Waals surface area contributed by atoms with Gasteiger partial charge in [0, 0.05) is 0 Å². The monoisotopic (exact) mass is 302 g/mol. The van der Waals surface area contributed by atoms with E-state index in [4.69, 9.17) is 0 Å². The molecule has 0 aromatic heterocycles. The first kappa shape index (κ1) is 14.8. The average Bonchev–Trinajstić information content (AvgIpc) is 2.64. The number of hydrogen-bond acceptors (Lipinski definition) is 0. The van der Waals surface area contributed by atoms with Crippen LogP contribution in [0.5, 0.6) is 0 Å². The summed E-state index contributed by atoms with van der Waals surface area (Å²) < 4.78 is 0. The molecule has 3 atom stereocenters. The molecular formula is C23H26. The van der Waals surface area contributed by atoms with E-state index in [2.05, 4.69) is 72.8 Å². The molecular weight excluding hydrogens is 276 g/mol. The minimum Gasteiger partial charge on any atom is -0.0879 e. The Hall–Kier alpha value is -1.82. The predicted molar refractivity (Wildman–Crippen MR) is 97.6 cm³/mol. The molecule has 0 amide bonds. The molecule has 1 spiro atoms. The fourth-order valence-electron chi connectivity index (χ4n) is 5.02. The van der Waals surface area contributed by atoms with Gasteiger partial charge in [-0.1, -0.05) is 79.2 Å². The molecule has 0 bridgehead atoms. The van der Waals surface area contributed by atoms with E-state index < -0.39 is 0 Å². The van der Waals surface area contributed by atoms with Crippen LogP contribution in [0.2, 0.25) is 0 Å². The van der Waals surface area contributed by atoms with Crippen LogP contribution in [0.25, 0.3) is 0 Å². The summed E-state index contributed by atoms with van der Waals surface area (Å²) in [6, 6.07) is 22.5. The molecule has 4 rings (SSSR count). The maximum atomic E-state index is 2.45. The summed E-state index contributed by atoms with van der Waals surface area (Å²) in [5.74, 6) is 1.43. The molecule has 23 heavy (non-hydrogen) atoms. The molecule has 2 aromatic rings. The van der Waals surface area contributed by atoms with Gasteiger partial charge in [-0.15, -0.1) is 0 Å². The van der Waals surface area contributed by atoms with Crippen molar-refractivity contribution in [3.63, 3.8) is 0 Å². The van der Waals surface area contributed by atoms with Crippen molar-refractivity contribution in [3.8, 4) is 0 Å². The summed E-state index contributed by atoms with van der Waals surface area (Å²) in [6.07, 6.45) is 12.8. The van der Waals surface area contributed by atoms with Gasteiger partial charge in [-0.05, 0) is 60.5 Å². The van der Waals surface area contributed by atoms with Crippen LogP contribution in [-0.4, -0.2) is 0 Å². The Morgan fingerprint density at radius 1 is 0.783 bits per heavy atom. The van der Waals surface area contributed by atoms with Crippen LogP contribution in [0.1, 0.15) is 61.5 Å². The molecule has 0 aliphatic heterocycles. The van der Waals surface area contributed by atoms with Gasteiger partial charge in [0.25, 0.3) is 0 Å². The standard InChI is InChI=1S/C23H26/c1-3-10-19(11-4-1)21-14-9-17-23(18-21)16-8-7-15-22(23)20-12-5-2-6-13-20/h1-8,10-13,21-22H,9,14-18H2. The largest absolute Gasteiger partial charge is 0.0879 e. The van der Waals surface area contributed by atoms with Crippen molar-refractivity contribution >= 4 is 0 Å². The van der Waals surface area contributed by atoms with Crippen LogP contribution in [0.3, 0.4) is 0 Å². The first-order valence-electron chi connectivity index (χ1n) is 9.12. The van der Waals surface area contributed by atoms with E-state index in [1.54, 1.807) is 11.1 Å². The lowest BCUT2D eigenvalue weighted by Crippen LogP contribution is -2.35. The summed E-state index contributed by atoms with van der Waals surface area (Å²) in [6.45, 7) is 0. The highest BCUT2D eigenvalue weighted by Gasteiger charge is 2.43. The lowest BCUT2D eigenvalue weighted by Gasteiger charge is -2.48. The number of rotatable bonds is 2. The van der Waals surface area contributed by atoms with Gasteiger partial charge >= 0.3 is 0 Å². The number of allylic oxidation sites excluding steroid dienone is 2. The van der Waals surface area contributed by atoms with Crippen molar-refractivity contribution in [1.82, 2.24) is 0 Å². The second kappa shape index (κ2) is 6.35. The quantitative estimate of drug-likeness (QED) is 0.558. The van der Waals surface area contributed by atoms with Gasteiger partial charge in [-0.2, -0.15) is 0 Å². The minimum absolute atomic E-state index is 0.467.